The molecule has 3 rings (SSSR count). The first-order valence-corrected chi connectivity index (χ1v) is 9.10. The smallest absolute Gasteiger partial charge is 0.237 e. The van der Waals surface area contributed by atoms with Crippen LogP contribution in [0.1, 0.15) is 25.3 Å². The molecule has 6 nitrogen and oxygen atoms in total. The maximum absolute atomic E-state index is 12.5. The molecule has 0 aliphatic carbocycles. The molecule has 1 aliphatic heterocycles. The maximum atomic E-state index is 12.5. The van der Waals surface area contributed by atoms with Crippen molar-refractivity contribution in [2.75, 3.05) is 19.6 Å². The van der Waals surface area contributed by atoms with E-state index in [9.17, 15) is 4.79 Å². The Morgan fingerprint density at radius 2 is 2.20 bits per heavy atom. The van der Waals surface area contributed by atoms with E-state index < -0.39 is 0 Å². The van der Waals surface area contributed by atoms with Crippen molar-refractivity contribution >= 4 is 5.91 Å². The van der Waals surface area contributed by atoms with Crippen LogP contribution in [0.3, 0.4) is 0 Å². The lowest BCUT2D eigenvalue weighted by molar-refractivity contribution is -0.126. The molecule has 25 heavy (non-hydrogen) atoms. The van der Waals surface area contributed by atoms with Crippen LogP contribution in [0.25, 0.3) is 0 Å². The number of amides is 1. The van der Waals surface area contributed by atoms with E-state index in [1.165, 1.54) is 12.0 Å². The molecule has 1 aliphatic rings. The average molecular weight is 341 g/mol. The molecular weight excluding hydrogens is 314 g/mol. The van der Waals surface area contributed by atoms with E-state index in [2.05, 4.69) is 32.4 Å². The number of carbonyl (C=O) groups is 1. The van der Waals surface area contributed by atoms with Gasteiger partial charge in [0.05, 0.1) is 6.04 Å². The second-order valence-electron chi connectivity index (χ2n) is 6.82. The van der Waals surface area contributed by atoms with Gasteiger partial charge in [-0.25, -0.2) is 4.98 Å². The first-order chi connectivity index (χ1) is 12.2. The molecule has 1 amide bonds. The highest BCUT2D eigenvalue weighted by Gasteiger charge is 2.27. The van der Waals surface area contributed by atoms with Gasteiger partial charge in [-0.1, -0.05) is 30.3 Å². The Labute approximate surface area is 149 Å². The van der Waals surface area contributed by atoms with E-state index in [1.54, 1.807) is 12.7 Å². The molecule has 1 aromatic heterocycles. The number of likely N-dealkylation sites (tertiary alicyclic amines) is 1. The van der Waals surface area contributed by atoms with Gasteiger partial charge in [-0.2, -0.15) is 5.10 Å². The lowest BCUT2D eigenvalue weighted by Crippen LogP contribution is -2.49. The third-order valence-corrected chi connectivity index (χ3v) is 4.95. The average Bonchev–Trinajstić information content (AvgIpc) is 3.15. The Kier molecular flexibility index (Phi) is 6.17. The molecule has 1 N–H and O–H groups in total. The molecule has 1 aromatic carbocycles. The van der Waals surface area contributed by atoms with Gasteiger partial charge in [0.25, 0.3) is 0 Å². The molecule has 0 bridgehead atoms. The zero-order valence-electron chi connectivity index (χ0n) is 14.8. The first kappa shape index (κ1) is 17.6. The minimum absolute atomic E-state index is 0.0886. The highest BCUT2D eigenvalue weighted by Crippen LogP contribution is 2.20. The predicted octanol–water partition coefficient (Wildman–Crippen LogP) is 1.74. The number of hydrogen-bond donors (Lipinski definition) is 1. The number of rotatable bonds is 7. The topological polar surface area (TPSA) is 63.1 Å². The van der Waals surface area contributed by atoms with Crippen molar-refractivity contribution in [3.63, 3.8) is 0 Å². The first-order valence-electron chi connectivity index (χ1n) is 9.10. The van der Waals surface area contributed by atoms with Crippen molar-refractivity contribution in [3.05, 3.63) is 48.5 Å². The van der Waals surface area contributed by atoms with Crippen LogP contribution >= 0.6 is 0 Å². The van der Waals surface area contributed by atoms with Crippen LogP contribution in [-0.4, -0.2) is 51.2 Å². The van der Waals surface area contributed by atoms with E-state index in [0.717, 1.165) is 32.5 Å². The van der Waals surface area contributed by atoms with Crippen molar-refractivity contribution in [1.82, 2.24) is 25.0 Å². The summed E-state index contributed by atoms with van der Waals surface area (Å²) in [5.74, 6) is 0.646. The summed E-state index contributed by atoms with van der Waals surface area (Å²) in [5, 5.41) is 7.27. The van der Waals surface area contributed by atoms with Crippen molar-refractivity contribution in [1.29, 1.82) is 0 Å². The minimum atomic E-state index is -0.0886. The van der Waals surface area contributed by atoms with Gasteiger partial charge in [0, 0.05) is 19.6 Å². The molecule has 1 fully saturated rings. The van der Waals surface area contributed by atoms with E-state index in [0.29, 0.717) is 12.5 Å². The van der Waals surface area contributed by atoms with E-state index in [-0.39, 0.29) is 11.9 Å². The van der Waals surface area contributed by atoms with E-state index in [4.69, 9.17) is 0 Å². The van der Waals surface area contributed by atoms with Crippen LogP contribution in [0.15, 0.2) is 43.0 Å². The van der Waals surface area contributed by atoms with Gasteiger partial charge in [-0.3, -0.25) is 14.4 Å². The molecule has 0 radical (unpaired) electrons. The fourth-order valence-electron chi connectivity index (χ4n) is 3.48. The molecule has 0 saturated carbocycles. The van der Waals surface area contributed by atoms with Crippen LogP contribution < -0.4 is 5.32 Å². The quantitative estimate of drug-likeness (QED) is 0.833. The van der Waals surface area contributed by atoms with Crippen LogP contribution in [0.4, 0.5) is 0 Å². The lowest BCUT2D eigenvalue weighted by Gasteiger charge is -2.36. The SMILES string of the molecule is C[C@@H](C(=O)NCCc1ccccc1)N1CCC[C@@H](Cn2cncn2)C1. The minimum Gasteiger partial charge on any atom is -0.354 e. The van der Waals surface area contributed by atoms with Crippen molar-refractivity contribution < 1.29 is 4.79 Å². The second kappa shape index (κ2) is 8.76. The summed E-state index contributed by atoms with van der Waals surface area (Å²) in [6.45, 7) is 5.49. The fraction of sp³-hybridized carbons (Fsp3) is 0.526. The maximum Gasteiger partial charge on any atom is 0.237 e. The van der Waals surface area contributed by atoms with Crippen molar-refractivity contribution in [2.45, 2.75) is 38.8 Å². The van der Waals surface area contributed by atoms with Gasteiger partial charge in [0.1, 0.15) is 12.7 Å². The summed E-state index contributed by atoms with van der Waals surface area (Å²) in [6, 6.07) is 10.2. The number of carbonyl (C=O) groups excluding carboxylic acids is 1. The number of hydrogen-bond acceptors (Lipinski definition) is 4. The largest absolute Gasteiger partial charge is 0.354 e. The number of piperidine rings is 1. The number of nitrogens with one attached hydrogen (secondary N) is 1. The Bertz CT molecular complexity index is 643. The Morgan fingerprint density at radius 3 is 2.96 bits per heavy atom. The molecule has 2 atom stereocenters. The van der Waals surface area contributed by atoms with E-state index >= 15 is 0 Å². The number of benzene rings is 1. The zero-order chi connectivity index (χ0) is 17.5. The molecule has 134 valence electrons. The molecule has 1 saturated heterocycles. The third kappa shape index (κ3) is 5.13. The normalized spacial score (nSPS) is 19.5. The van der Waals surface area contributed by atoms with Crippen LogP contribution in [-0.2, 0) is 17.8 Å². The van der Waals surface area contributed by atoms with Crippen molar-refractivity contribution in [2.24, 2.45) is 5.92 Å². The monoisotopic (exact) mass is 341 g/mol. The third-order valence-electron chi connectivity index (χ3n) is 4.95. The van der Waals surface area contributed by atoms with Gasteiger partial charge >= 0.3 is 0 Å². The van der Waals surface area contributed by atoms with Gasteiger partial charge in [-0.15, -0.1) is 0 Å². The predicted molar refractivity (Wildman–Crippen MR) is 96.9 cm³/mol. The second-order valence-corrected chi connectivity index (χ2v) is 6.82. The summed E-state index contributed by atoms with van der Waals surface area (Å²) in [4.78, 5) is 18.8. The van der Waals surface area contributed by atoms with Crippen LogP contribution in [0.2, 0.25) is 0 Å². The molecule has 6 heteroatoms. The molecule has 2 heterocycles. The summed E-state index contributed by atoms with van der Waals surface area (Å²) in [7, 11) is 0. The summed E-state index contributed by atoms with van der Waals surface area (Å²) >= 11 is 0. The highest BCUT2D eigenvalue weighted by atomic mass is 16.2. The fourth-order valence-corrected chi connectivity index (χ4v) is 3.48. The van der Waals surface area contributed by atoms with Gasteiger partial charge in [-0.05, 0) is 44.2 Å². The van der Waals surface area contributed by atoms with Gasteiger partial charge in [0.15, 0.2) is 0 Å². The lowest BCUT2D eigenvalue weighted by atomic mass is 9.96. The van der Waals surface area contributed by atoms with Crippen LogP contribution in [0.5, 0.6) is 0 Å². The van der Waals surface area contributed by atoms with Crippen molar-refractivity contribution in [3.8, 4) is 0 Å². The Morgan fingerprint density at radius 1 is 1.36 bits per heavy atom. The highest BCUT2D eigenvalue weighted by molar-refractivity contribution is 5.81. The van der Waals surface area contributed by atoms with Gasteiger partial charge < -0.3 is 5.32 Å². The van der Waals surface area contributed by atoms with Crippen LogP contribution in [0, 0.1) is 5.92 Å². The Hall–Kier alpha value is -2.21. The Balaban J connectivity index is 1.44. The van der Waals surface area contributed by atoms with Gasteiger partial charge in [0.2, 0.25) is 5.91 Å². The summed E-state index contributed by atoms with van der Waals surface area (Å²) < 4.78 is 1.89. The zero-order valence-corrected chi connectivity index (χ0v) is 14.8. The number of aromatic nitrogens is 3. The summed E-state index contributed by atoms with van der Waals surface area (Å²) in [5.41, 5.74) is 1.25. The number of nitrogens with zero attached hydrogens (tertiary/aromatic N) is 4. The molecule has 0 unspecified atom stereocenters. The standard InChI is InChI=1S/C19H27N5O/c1-16(19(25)21-10-9-17-6-3-2-4-7-17)23-11-5-8-18(12-23)13-24-15-20-14-22-24/h2-4,6-7,14-16,18H,5,8-13H2,1H3,(H,21,25)/t16-,18+/m0/s1. The van der Waals surface area contributed by atoms with E-state index in [1.807, 2.05) is 29.8 Å². The molecular formula is C19H27N5O. The summed E-state index contributed by atoms with van der Waals surface area (Å²) in [6.07, 6.45) is 6.51. The molecule has 2 aromatic rings. The molecule has 0 spiro atoms.